The van der Waals surface area contributed by atoms with Crippen molar-refractivity contribution in [2.45, 2.75) is 17.1 Å². The van der Waals surface area contributed by atoms with Crippen LogP contribution < -0.4 is 9.62 Å². The zero-order valence-corrected chi connectivity index (χ0v) is 20.9. The van der Waals surface area contributed by atoms with E-state index in [9.17, 15) is 13.2 Å². The predicted molar refractivity (Wildman–Crippen MR) is 138 cm³/mol. The first-order chi connectivity index (χ1) is 15.9. The lowest BCUT2D eigenvalue weighted by molar-refractivity contribution is -0.119. The Kier molecular flexibility index (Phi) is 9.50. The summed E-state index contributed by atoms with van der Waals surface area (Å²) in [5.41, 5.74) is 1.50. The average molecular weight is 524 g/mol. The summed E-state index contributed by atoms with van der Waals surface area (Å²) in [6.45, 7) is 0.139. The second kappa shape index (κ2) is 12.3. The molecule has 0 radical (unpaired) electrons. The summed E-state index contributed by atoms with van der Waals surface area (Å²) >= 11 is 13.8. The first kappa shape index (κ1) is 25.4. The van der Waals surface area contributed by atoms with Gasteiger partial charge in [0.2, 0.25) is 5.91 Å². The number of carbonyl (C=O) groups excluding carboxylic acids is 1. The van der Waals surface area contributed by atoms with Gasteiger partial charge < -0.3 is 5.32 Å². The molecule has 3 rings (SSSR count). The van der Waals surface area contributed by atoms with E-state index in [1.807, 2.05) is 24.3 Å². The number of benzene rings is 3. The monoisotopic (exact) mass is 522 g/mol. The molecular weight excluding hydrogens is 499 g/mol. The fraction of sp³-hybridized carbons (Fsp3) is 0.208. The summed E-state index contributed by atoms with van der Waals surface area (Å²) in [5, 5.41) is 4.01. The van der Waals surface area contributed by atoms with Crippen LogP contribution in [0.25, 0.3) is 0 Å². The standard InChI is InChI=1S/C24H24Cl2N2O3S2/c25-20-11-13-22(14-12-20)33(30,31)28(21-8-2-1-3-9-21)17-24(29)27-15-6-16-32-18-19-7-4-5-10-23(19)26/h1-5,7-14H,6,15-18H2,(H,27,29). The third-order valence-corrected chi connectivity index (χ3v) is 8.24. The van der Waals surface area contributed by atoms with Gasteiger partial charge in [0.1, 0.15) is 6.54 Å². The fourth-order valence-electron chi connectivity index (χ4n) is 3.03. The van der Waals surface area contributed by atoms with Crippen molar-refractivity contribution in [3.8, 4) is 0 Å². The minimum Gasteiger partial charge on any atom is -0.354 e. The van der Waals surface area contributed by atoms with Gasteiger partial charge in [-0.2, -0.15) is 11.8 Å². The van der Waals surface area contributed by atoms with E-state index in [1.54, 1.807) is 42.1 Å². The third-order valence-electron chi connectivity index (χ3n) is 4.74. The largest absolute Gasteiger partial charge is 0.354 e. The minimum atomic E-state index is -3.94. The van der Waals surface area contributed by atoms with Crippen molar-refractivity contribution in [2.75, 3.05) is 23.1 Å². The van der Waals surface area contributed by atoms with Crippen molar-refractivity contribution in [3.63, 3.8) is 0 Å². The molecule has 0 saturated heterocycles. The van der Waals surface area contributed by atoms with Gasteiger partial charge in [-0.15, -0.1) is 0 Å². The quantitative estimate of drug-likeness (QED) is 0.331. The number of amides is 1. The number of nitrogens with zero attached hydrogens (tertiary/aromatic N) is 1. The number of hydrogen-bond acceptors (Lipinski definition) is 4. The molecule has 0 bridgehead atoms. The summed E-state index contributed by atoms with van der Waals surface area (Å²) in [7, 11) is -3.94. The van der Waals surface area contributed by atoms with Gasteiger partial charge in [0.15, 0.2) is 0 Å². The number of para-hydroxylation sites is 1. The first-order valence-electron chi connectivity index (χ1n) is 10.3. The van der Waals surface area contributed by atoms with E-state index in [0.717, 1.165) is 32.8 Å². The third kappa shape index (κ3) is 7.40. The summed E-state index contributed by atoms with van der Waals surface area (Å²) in [5.74, 6) is 1.28. The highest BCUT2D eigenvalue weighted by molar-refractivity contribution is 7.98. The SMILES string of the molecule is O=C(CN(c1ccccc1)S(=O)(=O)c1ccc(Cl)cc1)NCCCSCc1ccccc1Cl. The highest BCUT2D eigenvalue weighted by Crippen LogP contribution is 2.24. The lowest BCUT2D eigenvalue weighted by Gasteiger charge is -2.24. The summed E-state index contributed by atoms with van der Waals surface area (Å²) in [6.07, 6.45) is 0.760. The van der Waals surface area contributed by atoms with E-state index in [1.165, 1.54) is 24.3 Å². The second-order valence-corrected chi connectivity index (χ2v) is 11.0. The Morgan fingerprint density at radius 2 is 1.58 bits per heavy atom. The zero-order valence-electron chi connectivity index (χ0n) is 17.8. The first-order valence-corrected chi connectivity index (χ1v) is 13.6. The van der Waals surface area contributed by atoms with E-state index in [4.69, 9.17) is 23.2 Å². The molecule has 0 heterocycles. The Balaban J connectivity index is 1.56. The second-order valence-electron chi connectivity index (χ2n) is 7.15. The van der Waals surface area contributed by atoms with Crippen LogP contribution in [0.5, 0.6) is 0 Å². The normalized spacial score (nSPS) is 11.2. The molecule has 3 aromatic carbocycles. The van der Waals surface area contributed by atoms with Gasteiger partial charge >= 0.3 is 0 Å². The van der Waals surface area contributed by atoms with Gasteiger partial charge in [0, 0.05) is 22.3 Å². The van der Waals surface area contributed by atoms with Crippen molar-refractivity contribution < 1.29 is 13.2 Å². The van der Waals surface area contributed by atoms with E-state index in [-0.39, 0.29) is 17.3 Å². The van der Waals surface area contributed by atoms with Gasteiger partial charge in [-0.1, -0.05) is 59.6 Å². The molecule has 33 heavy (non-hydrogen) atoms. The number of carbonyl (C=O) groups is 1. The molecule has 1 amide bonds. The molecule has 5 nitrogen and oxygen atoms in total. The van der Waals surface area contributed by atoms with Crippen LogP contribution >= 0.6 is 35.0 Å². The number of nitrogens with one attached hydrogen (secondary N) is 1. The van der Waals surface area contributed by atoms with Gasteiger partial charge in [-0.3, -0.25) is 9.10 Å². The van der Waals surface area contributed by atoms with Crippen LogP contribution in [0.1, 0.15) is 12.0 Å². The highest BCUT2D eigenvalue weighted by Gasteiger charge is 2.27. The lowest BCUT2D eigenvalue weighted by Crippen LogP contribution is -2.41. The number of hydrogen-bond donors (Lipinski definition) is 1. The van der Waals surface area contributed by atoms with E-state index >= 15 is 0 Å². The van der Waals surface area contributed by atoms with Crippen LogP contribution in [0.3, 0.4) is 0 Å². The Morgan fingerprint density at radius 3 is 2.27 bits per heavy atom. The molecule has 1 N–H and O–H groups in total. The van der Waals surface area contributed by atoms with Crippen LogP contribution in [-0.2, 0) is 20.6 Å². The number of thioether (sulfide) groups is 1. The predicted octanol–water partition coefficient (Wildman–Crippen LogP) is 5.63. The van der Waals surface area contributed by atoms with Crippen LogP contribution in [-0.4, -0.2) is 33.2 Å². The zero-order chi connectivity index (χ0) is 23.7. The van der Waals surface area contributed by atoms with Crippen molar-refractivity contribution >= 4 is 56.6 Å². The molecule has 0 spiro atoms. The summed E-state index contributed by atoms with van der Waals surface area (Å²) in [6, 6.07) is 22.2. The molecule has 0 aliphatic carbocycles. The maximum atomic E-state index is 13.2. The van der Waals surface area contributed by atoms with E-state index in [2.05, 4.69) is 5.32 Å². The fourth-order valence-corrected chi connectivity index (χ4v) is 5.82. The van der Waals surface area contributed by atoms with Crippen molar-refractivity contribution in [2.24, 2.45) is 0 Å². The number of halogens is 2. The molecule has 0 aliphatic heterocycles. The van der Waals surface area contributed by atoms with E-state index < -0.39 is 10.0 Å². The van der Waals surface area contributed by atoms with Gasteiger partial charge in [-0.05, 0) is 60.2 Å². The van der Waals surface area contributed by atoms with Crippen molar-refractivity contribution in [3.05, 3.63) is 94.5 Å². The summed E-state index contributed by atoms with van der Waals surface area (Å²) < 4.78 is 27.6. The molecular formula is C24H24Cl2N2O3S2. The summed E-state index contributed by atoms with van der Waals surface area (Å²) in [4.78, 5) is 12.7. The smallest absolute Gasteiger partial charge is 0.264 e. The molecule has 0 atom stereocenters. The van der Waals surface area contributed by atoms with Crippen LogP contribution in [0.2, 0.25) is 10.0 Å². The van der Waals surface area contributed by atoms with Crippen LogP contribution in [0, 0.1) is 0 Å². The minimum absolute atomic E-state index is 0.0690. The van der Waals surface area contributed by atoms with Gasteiger partial charge in [0.05, 0.1) is 10.6 Å². The van der Waals surface area contributed by atoms with Crippen LogP contribution in [0.4, 0.5) is 5.69 Å². The van der Waals surface area contributed by atoms with Crippen LogP contribution in [0.15, 0.2) is 83.8 Å². The molecule has 0 aliphatic rings. The van der Waals surface area contributed by atoms with Crippen molar-refractivity contribution in [1.29, 1.82) is 0 Å². The Hall–Kier alpha value is -2.19. The Bertz CT molecular complexity index is 1160. The Morgan fingerprint density at radius 1 is 0.909 bits per heavy atom. The Labute approximate surface area is 209 Å². The molecule has 0 aromatic heterocycles. The van der Waals surface area contributed by atoms with E-state index in [0.29, 0.717) is 17.3 Å². The number of sulfonamides is 1. The topological polar surface area (TPSA) is 66.5 Å². The molecule has 0 saturated carbocycles. The molecule has 0 unspecified atom stereocenters. The molecule has 0 fully saturated rings. The molecule has 174 valence electrons. The maximum Gasteiger partial charge on any atom is 0.264 e. The maximum absolute atomic E-state index is 13.2. The average Bonchev–Trinajstić information content (AvgIpc) is 2.81. The highest BCUT2D eigenvalue weighted by atomic mass is 35.5. The molecule has 9 heteroatoms. The van der Waals surface area contributed by atoms with Crippen molar-refractivity contribution in [1.82, 2.24) is 5.32 Å². The van der Waals surface area contributed by atoms with Gasteiger partial charge in [0.25, 0.3) is 10.0 Å². The molecule has 3 aromatic rings. The lowest BCUT2D eigenvalue weighted by atomic mass is 10.2. The van der Waals surface area contributed by atoms with Gasteiger partial charge in [-0.25, -0.2) is 8.42 Å². The number of anilines is 1. The number of rotatable bonds is 11.